The molecule has 8 N–H and O–H groups in total. The highest BCUT2D eigenvalue weighted by atomic mass is 19.1. The summed E-state index contributed by atoms with van der Waals surface area (Å²) in [4.78, 5) is 97.2. The van der Waals surface area contributed by atoms with Crippen molar-refractivity contribution < 1.29 is 71.4 Å². The van der Waals surface area contributed by atoms with Gasteiger partial charge in [0.05, 0.1) is 94.5 Å². The second-order valence-corrected chi connectivity index (χ2v) is 21.6. The Morgan fingerprint density at radius 2 is 1.51 bits per heavy atom. The van der Waals surface area contributed by atoms with E-state index in [9.17, 15) is 38.7 Å². The Morgan fingerprint density at radius 3 is 2.13 bits per heavy atom. The van der Waals surface area contributed by atoms with Crippen LogP contribution in [0.15, 0.2) is 41.2 Å². The normalized spacial score (nSPS) is 16.6. The Bertz CT molecular complexity index is 3030. The summed E-state index contributed by atoms with van der Waals surface area (Å²) in [7, 11) is 0. The van der Waals surface area contributed by atoms with Gasteiger partial charge in [0.1, 0.15) is 31.1 Å². The zero-order chi connectivity index (χ0) is 59.8. The largest absolute Gasteiger partial charge is 0.458 e. The van der Waals surface area contributed by atoms with E-state index in [0.29, 0.717) is 115 Å². The second-order valence-electron chi connectivity index (χ2n) is 21.6. The van der Waals surface area contributed by atoms with Crippen LogP contribution in [0, 0.1) is 24.6 Å². The van der Waals surface area contributed by atoms with Crippen LogP contribution >= 0.6 is 0 Å². The first-order valence-corrected chi connectivity index (χ1v) is 28.5. The monoisotopic (exact) mass is 1160 g/mol. The molecule has 4 heterocycles. The number of amides is 6. The summed E-state index contributed by atoms with van der Waals surface area (Å²) in [5.74, 6) is -2.64. The number of fused-ring (bicyclic) bond motifs is 5. The number of ether oxygens (including phenoxy) is 7. The molecular weight excluding hydrogens is 1080 g/mol. The van der Waals surface area contributed by atoms with Crippen LogP contribution < -0.4 is 37.9 Å². The number of nitrogens with two attached hydrogens (primary N) is 1. The van der Waals surface area contributed by atoms with Crippen LogP contribution in [-0.4, -0.2) is 135 Å². The average Bonchev–Trinajstić information content (AvgIpc) is 2.72. The highest BCUT2D eigenvalue weighted by Gasteiger charge is 2.46. The molecule has 0 saturated carbocycles. The lowest BCUT2D eigenvalue weighted by molar-refractivity contribution is -0.172. The lowest BCUT2D eigenvalue weighted by Crippen LogP contribution is -2.54. The van der Waals surface area contributed by atoms with Gasteiger partial charge in [-0.15, -0.1) is 0 Å². The molecule has 23 nitrogen and oxygen atoms in total. The van der Waals surface area contributed by atoms with E-state index in [2.05, 4.69) is 40.4 Å². The summed E-state index contributed by atoms with van der Waals surface area (Å²) in [6.07, 6.45) is 1.38. The van der Waals surface area contributed by atoms with Gasteiger partial charge in [0, 0.05) is 47.8 Å². The Hall–Kier alpha value is -7.09. The molecular formula is C59H79FN8O15. The molecule has 3 aliphatic rings. The van der Waals surface area contributed by atoms with Crippen LogP contribution in [0.25, 0.3) is 22.3 Å². The number of aromatic nitrogens is 2. The van der Waals surface area contributed by atoms with Crippen LogP contribution in [0.3, 0.4) is 0 Å². The minimum atomic E-state index is -2.04. The highest BCUT2D eigenvalue weighted by Crippen LogP contribution is 2.46. The number of aryl methyl sites for hydroxylation is 1. The molecule has 0 unspecified atom stereocenters. The van der Waals surface area contributed by atoms with Gasteiger partial charge in [-0.25, -0.2) is 23.8 Å². The minimum absolute atomic E-state index is 0.0248. The quantitative estimate of drug-likeness (QED) is 0.0221. The molecule has 2 aromatic carbocycles. The van der Waals surface area contributed by atoms with Crippen molar-refractivity contribution in [2.45, 2.75) is 130 Å². The number of hydrogen-bond acceptors (Lipinski definition) is 16. The minimum Gasteiger partial charge on any atom is -0.458 e. The molecule has 0 fully saturated rings. The standard InChI is InChI=1S/C59H79FN8O15/c1-7-59(76)42-29-47-52-40(31-68(47)55(72)41(42)33-82-56(59)73)50-44(15-14-39-36(6)43(60)30-46(64-52)49(39)50)66-58(75)83-32-37-10-12-38(13-11-37)63-53(70)45(9-8-18-62-57(61)74)65-54(71)51(35(4)5)67-48(69)17-20-78-22-24-80-26-28-81-27-25-79-23-21-77-19-16-34(2)3/h10-13,29-30,34-35,44-45,51,76H,7-9,14-28,31-33H2,1-6H3,(H,63,70)(H,65,71)(H,66,75)(H,67,69)(H3,61,62,74)/t44-,45-,51-,59-/m0/s1. The number of alkyl carbamates (subject to hydrolysis) is 1. The van der Waals surface area contributed by atoms with Crippen molar-refractivity contribution in [1.82, 2.24) is 30.8 Å². The summed E-state index contributed by atoms with van der Waals surface area (Å²) in [5.41, 5.74) is 7.51. The molecule has 4 aromatic rings. The molecule has 0 spiro atoms. The number of hydrogen-bond donors (Lipinski definition) is 7. The lowest BCUT2D eigenvalue weighted by Gasteiger charge is -2.31. The zero-order valence-corrected chi connectivity index (χ0v) is 48.2. The van der Waals surface area contributed by atoms with Gasteiger partial charge in [-0.05, 0) is 97.7 Å². The van der Waals surface area contributed by atoms with Gasteiger partial charge in [0.15, 0.2) is 5.60 Å². The number of rotatable bonds is 32. The third-order valence-electron chi connectivity index (χ3n) is 14.9. The van der Waals surface area contributed by atoms with Crippen molar-refractivity contribution in [2.24, 2.45) is 17.6 Å². The van der Waals surface area contributed by atoms with Crippen molar-refractivity contribution in [3.05, 3.63) is 91.5 Å². The molecule has 452 valence electrons. The first-order chi connectivity index (χ1) is 39.8. The van der Waals surface area contributed by atoms with Crippen molar-refractivity contribution in [2.75, 3.05) is 77.9 Å². The molecule has 1 aliphatic carbocycles. The first-order valence-electron chi connectivity index (χ1n) is 28.5. The Morgan fingerprint density at radius 1 is 0.855 bits per heavy atom. The predicted octanol–water partition coefficient (Wildman–Crippen LogP) is 4.97. The third-order valence-corrected chi connectivity index (χ3v) is 14.9. The van der Waals surface area contributed by atoms with Crippen LogP contribution in [0.2, 0.25) is 0 Å². The van der Waals surface area contributed by atoms with E-state index < -0.39 is 70.9 Å². The molecule has 4 atom stereocenters. The molecule has 0 radical (unpaired) electrons. The van der Waals surface area contributed by atoms with Crippen LogP contribution in [0.5, 0.6) is 0 Å². The number of primary amides is 1. The Labute approximate surface area is 481 Å². The van der Waals surface area contributed by atoms with E-state index in [-0.39, 0.29) is 82.2 Å². The zero-order valence-electron chi connectivity index (χ0n) is 48.2. The molecule has 7 rings (SSSR count). The number of halogens is 1. The predicted molar refractivity (Wildman–Crippen MR) is 302 cm³/mol. The Kier molecular flexibility index (Phi) is 22.9. The van der Waals surface area contributed by atoms with Gasteiger partial charge >= 0.3 is 18.1 Å². The molecule has 0 saturated heterocycles. The van der Waals surface area contributed by atoms with E-state index >= 15 is 4.39 Å². The number of pyridine rings is 2. The van der Waals surface area contributed by atoms with E-state index in [1.165, 1.54) is 10.6 Å². The number of carbonyl (C=O) groups excluding carboxylic acids is 6. The van der Waals surface area contributed by atoms with Crippen LogP contribution in [-0.2, 0) is 84.1 Å². The van der Waals surface area contributed by atoms with Gasteiger partial charge in [-0.1, -0.05) is 46.8 Å². The van der Waals surface area contributed by atoms with Crippen LogP contribution in [0.4, 0.5) is 19.7 Å². The van der Waals surface area contributed by atoms with Crippen molar-refractivity contribution in [3.63, 3.8) is 0 Å². The van der Waals surface area contributed by atoms with Crippen molar-refractivity contribution in [3.8, 4) is 11.4 Å². The van der Waals surface area contributed by atoms with Crippen LogP contribution in [0.1, 0.15) is 118 Å². The molecule has 2 aromatic heterocycles. The molecule has 83 heavy (non-hydrogen) atoms. The molecule has 24 heteroatoms. The fourth-order valence-corrected chi connectivity index (χ4v) is 10.2. The second kappa shape index (κ2) is 29.9. The molecule has 6 amide bonds. The first kappa shape index (κ1) is 63.5. The topological polar surface area (TPSA) is 308 Å². The maximum atomic E-state index is 15.5. The summed E-state index contributed by atoms with van der Waals surface area (Å²) >= 11 is 0. The molecule has 0 bridgehead atoms. The number of benzene rings is 2. The van der Waals surface area contributed by atoms with E-state index in [0.717, 1.165) is 18.6 Å². The smallest absolute Gasteiger partial charge is 0.407 e. The average molecular weight is 1160 g/mol. The fourth-order valence-electron chi connectivity index (χ4n) is 10.2. The van der Waals surface area contributed by atoms with Gasteiger partial charge in [0.2, 0.25) is 17.7 Å². The van der Waals surface area contributed by atoms with Gasteiger partial charge in [0.25, 0.3) is 5.56 Å². The summed E-state index contributed by atoms with van der Waals surface area (Å²) in [6, 6.07) is 5.96. The summed E-state index contributed by atoms with van der Waals surface area (Å²) in [5, 5.41) is 25.9. The van der Waals surface area contributed by atoms with Crippen molar-refractivity contribution in [1.29, 1.82) is 0 Å². The number of esters is 1. The number of nitrogens with one attached hydrogen (secondary N) is 5. The Balaban J connectivity index is 0.893. The number of aliphatic hydroxyl groups is 1. The maximum absolute atomic E-state index is 15.5. The SMILES string of the molecule is CC[C@@]1(O)C(=O)OCc2c1cc1n(c2=O)Cc2c-1nc1cc(F)c(C)c3c1c2[C@@H](NC(=O)OCc1ccc(NC(=O)[C@H](CCCNC(N)=O)NC(=O)[C@@H](NC(=O)CCOCCOCCOCCOCCOCCC(C)C)C(C)C)cc1)CC3. The van der Waals surface area contributed by atoms with E-state index in [1.807, 2.05) is 0 Å². The van der Waals surface area contributed by atoms with Gasteiger partial charge in [-0.2, -0.15) is 0 Å². The summed E-state index contributed by atoms with van der Waals surface area (Å²) < 4.78 is 55.5. The van der Waals surface area contributed by atoms with Gasteiger partial charge < -0.3 is 75.1 Å². The highest BCUT2D eigenvalue weighted by molar-refractivity contribution is 5.99. The lowest BCUT2D eigenvalue weighted by atomic mass is 9.81. The number of nitrogens with zero attached hydrogens (tertiary/aromatic N) is 2. The van der Waals surface area contributed by atoms with E-state index in [1.54, 1.807) is 58.0 Å². The number of urea groups is 1. The molecule has 2 aliphatic heterocycles. The summed E-state index contributed by atoms with van der Waals surface area (Å²) in [6.45, 7) is 15.0. The third kappa shape index (κ3) is 16.4. The fraction of sp³-hybridized carbons (Fsp3) is 0.559. The number of cyclic esters (lactones) is 1. The number of anilines is 1. The maximum Gasteiger partial charge on any atom is 0.407 e. The van der Waals surface area contributed by atoms with Crippen molar-refractivity contribution >= 4 is 52.4 Å². The number of carbonyl (C=O) groups is 6. The van der Waals surface area contributed by atoms with Gasteiger partial charge in [-0.3, -0.25) is 19.2 Å². The van der Waals surface area contributed by atoms with E-state index in [4.69, 9.17) is 43.9 Å².